The van der Waals surface area contributed by atoms with Crippen molar-refractivity contribution >= 4 is 0 Å². The Kier molecular flexibility index (Phi) is 4.29. The molecule has 1 saturated carbocycles. The zero-order chi connectivity index (χ0) is 12.1. The number of benzene rings is 1. The van der Waals surface area contributed by atoms with E-state index in [9.17, 15) is 0 Å². The van der Waals surface area contributed by atoms with E-state index in [2.05, 4.69) is 12.1 Å². The molecule has 0 bridgehead atoms. The third kappa shape index (κ3) is 2.74. The van der Waals surface area contributed by atoms with Crippen LogP contribution >= 0.6 is 0 Å². The van der Waals surface area contributed by atoms with E-state index in [4.69, 9.17) is 9.47 Å². The molecule has 0 radical (unpaired) electrons. The molecular formula is C15H22O2. The summed E-state index contributed by atoms with van der Waals surface area (Å²) in [6, 6.07) is 6.23. The van der Waals surface area contributed by atoms with Gasteiger partial charge in [0.1, 0.15) is 0 Å². The molecule has 0 atom stereocenters. The molecule has 0 aliphatic heterocycles. The van der Waals surface area contributed by atoms with Gasteiger partial charge in [-0.2, -0.15) is 0 Å². The Hall–Kier alpha value is -1.18. The first-order valence-corrected chi connectivity index (χ1v) is 6.57. The summed E-state index contributed by atoms with van der Waals surface area (Å²) in [4.78, 5) is 0. The lowest BCUT2D eigenvalue weighted by Crippen LogP contribution is -2.02. The Morgan fingerprint density at radius 3 is 2.24 bits per heavy atom. The molecule has 0 spiro atoms. The molecular weight excluding hydrogens is 212 g/mol. The average Bonchev–Trinajstić information content (AvgIpc) is 2.66. The van der Waals surface area contributed by atoms with Gasteiger partial charge in [0.05, 0.1) is 14.2 Å². The van der Waals surface area contributed by atoms with Crippen molar-refractivity contribution in [3.05, 3.63) is 23.8 Å². The lowest BCUT2D eigenvalue weighted by molar-refractivity contribution is 0.348. The van der Waals surface area contributed by atoms with E-state index in [1.807, 2.05) is 6.07 Å². The summed E-state index contributed by atoms with van der Waals surface area (Å²) >= 11 is 0. The third-order valence-electron chi connectivity index (χ3n) is 3.73. The number of methoxy groups -OCH3 is 2. The Balaban J connectivity index is 2.29. The highest BCUT2D eigenvalue weighted by molar-refractivity contribution is 5.48. The molecule has 2 nitrogen and oxygen atoms in total. The molecule has 1 fully saturated rings. The van der Waals surface area contributed by atoms with Crippen molar-refractivity contribution in [3.63, 3.8) is 0 Å². The van der Waals surface area contributed by atoms with Crippen LogP contribution in [0.2, 0.25) is 0 Å². The van der Waals surface area contributed by atoms with Gasteiger partial charge in [0.2, 0.25) is 0 Å². The highest BCUT2D eigenvalue weighted by atomic mass is 16.5. The maximum absolute atomic E-state index is 5.54. The van der Waals surface area contributed by atoms with E-state index in [0.29, 0.717) is 5.92 Å². The van der Waals surface area contributed by atoms with Crippen molar-refractivity contribution in [2.24, 2.45) is 0 Å². The third-order valence-corrected chi connectivity index (χ3v) is 3.73. The highest BCUT2D eigenvalue weighted by Crippen LogP contribution is 2.40. The van der Waals surface area contributed by atoms with E-state index in [-0.39, 0.29) is 0 Å². The molecule has 0 amide bonds. The van der Waals surface area contributed by atoms with Gasteiger partial charge < -0.3 is 9.47 Å². The molecule has 0 unspecified atom stereocenters. The lowest BCUT2D eigenvalue weighted by Gasteiger charge is -2.19. The zero-order valence-electron chi connectivity index (χ0n) is 10.9. The van der Waals surface area contributed by atoms with E-state index in [1.165, 1.54) is 44.1 Å². The average molecular weight is 234 g/mol. The van der Waals surface area contributed by atoms with E-state index >= 15 is 0 Å². The molecule has 94 valence electrons. The molecule has 2 rings (SSSR count). The fourth-order valence-corrected chi connectivity index (χ4v) is 2.82. The smallest absolute Gasteiger partial charge is 0.164 e. The molecule has 1 aliphatic carbocycles. The monoisotopic (exact) mass is 234 g/mol. The van der Waals surface area contributed by atoms with Crippen LogP contribution in [0.15, 0.2) is 18.2 Å². The van der Waals surface area contributed by atoms with Crippen LogP contribution < -0.4 is 9.47 Å². The second-order valence-electron chi connectivity index (χ2n) is 4.77. The van der Waals surface area contributed by atoms with Crippen LogP contribution in [-0.2, 0) is 0 Å². The van der Waals surface area contributed by atoms with Gasteiger partial charge in [-0.25, -0.2) is 0 Å². The number of rotatable bonds is 3. The van der Waals surface area contributed by atoms with Crippen LogP contribution in [0.3, 0.4) is 0 Å². The van der Waals surface area contributed by atoms with E-state index in [1.54, 1.807) is 14.2 Å². The van der Waals surface area contributed by atoms with Crippen molar-refractivity contribution < 1.29 is 9.47 Å². The topological polar surface area (TPSA) is 18.5 Å². The molecule has 0 aromatic heterocycles. The quantitative estimate of drug-likeness (QED) is 0.732. The summed E-state index contributed by atoms with van der Waals surface area (Å²) in [5.41, 5.74) is 1.33. The molecule has 2 heteroatoms. The number of hydrogen-bond donors (Lipinski definition) is 0. The maximum Gasteiger partial charge on any atom is 0.164 e. The first-order valence-electron chi connectivity index (χ1n) is 6.57. The first kappa shape index (κ1) is 12.3. The van der Waals surface area contributed by atoms with Gasteiger partial charge in [-0.15, -0.1) is 0 Å². The summed E-state index contributed by atoms with van der Waals surface area (Å²) in [6.07, 6.45) is 7.99. The zero-order valence-corrected chi connectivity index (χ0v) is 10.9. The Bertz CT molecular complexity index is 352. The molecule has 1 aliphatic rings. The minimum Gasteiger partial charge on any atom is -0.493 e. The van der Waals surface area contributed by atoms with E-state index < -0.39 is 0 Å². The van der Waals surface area contributed by atoms with Crippen LogP contribution in [-0.4, -0.2) is 14.2 Å². The van der Waals surface area contributed by atoms with Crippen molar-refractivity contribution in [1.82, 2.24) is 0 Å². The predicted molar refractivity (Wildman–Crippen MR) is 70.0 cm³/mol. The second-order valence-corrected chi connectivity index (χ2v) is 4.77. The maximum atomic E-state index is 5.54. The summed E-state index contributed by atoms with van der Waals surface area (Å²) in [6.45, 7) is 0. The Morgan fingerprint density at radius 1 is 0.941 bits per heavy atom. The summed E-state index contributed by atoms with van der Waals surface area (Å²) < 4.78 is 10.9. The minimum absolute atomic E-state index is 0.641. The number of ether oxygens (including phenoxy) is 2. The minimum atomic E-state index is 0.641. The van der Waals surface area contributed by atoms with Crippen molar-refractivity contribution in [2.75, 3.05) is 14.2 Å². The van der Waals surface area contributed by atoms with Gasteiger partial charge in [-0.05, 0) is 24.8 Å². The number of hydrogen-bond acceptors (Lipinski definition) is 2. The van der Waals surface area contributed by atoms with Gasteiger partial charge in [0.15, 0.2) is 11.5 Å². The fourth-order valence-electron chi connectivity index (χ4n) is 2.82. The SMILES string of the molecule is COc1cccc(C2CCCCCC2)c1OC. The normalized spacial score (nSPS) is 17.5. The van der Waals surface area contributed by atoms with E-state index in [0.717, 1.165) is 11.5 Å². The standard InChI is InChI=1S/C15H22O2/c1-16-14-11-7-10-13(15(14)17-2)12-8-5-3-4-6-9-12/h7,10-12H,3-6,8-9H2,1-2H3. The molecule has 1 aromatic rings. The van der Waals surface area contributed by atoms with Crippen LogP contribution in [0.4, 0.5) is 0 Å². The van der Waals surface area contributed by atoms with Gasteiger partial charge in [0, 0.05) is 5.56 Å². The lowest BCUT2D eigenvalue weighted by atomic mass is 9.91. The summed E-state index contributed by atoms with van der Waals surface area (Å²) in [7, 11) is 3.44. The van der Waals surface area contributed by atoms with Gasteiger partial charge in [-0.3, -0.25) is 0 Å². The Labute approximate surface area is 104 Å². The molecule has 0 N–H and O–H groups in total. The van der Waals surface area contributed by atoms with Crippen LogP contribution in [0.5, 0.6) is 11.5 Å². The first-order chi connectivity index (χ1) is 8.36. The van der Waals surface area contributed by atoms with Gasteiger partial charge in [-0.1, -0.05) is 37.8 Å². The van der Waals surface area contributed by atoms with Gasteiger partial charge >= 0.3 is 0 Å². The van der Waals surface area contributed by atoms with Crippen molar-refractivity contribution in [2.45, 2.75) is 44.4 Å². The van der Waals surface area contributed by atoms with Crippen molar-refractivity contribution in [1.29, 1.82) is 0 Å². The molecule has 0 heterocycles. The number of para-hydroxylation sites is 1. The largest absolute Gasteiger partial charge is 0.493 e. The van der Waals surface area contributed by atoms with Crippen molar-refractivity contribution in [3.8, 4) is 11.5 Å². The molecule has 0 saturated heterocycles. The van der Waals surface area contributed by atoms with Crippen LogP contribution in [0.25, 0.3) is 0 Å². The summed E-state index contributed by atoms with van der Waals surface area (Å²) in [5.74, 6) is 2.43. The van der Waals surface area contributed by atoms with Gasteiger partial charge in [0.25, 0.3) is 0 Å². The Morgan fingerprint density at radius 2 is 1.65 bits per heavy atom. The highest BCUT2D eigenvalue weighted by Gasteiger charge is 2.20. The van der Waals surface area contributed by atoms with Crippen LogP contribution in [0.1, 0.15) is 50.0 Å². The van der Waals surface area contributed by atoms with Crippen LogP contribution in [0, 0.1) is 0 Å². The fraction of sp³-hybridized carbons (Fsp3) is 0.600. The molecule has 1 aromatic carbocycles. The predicted octanol–water partition coefficient (Wildman–Crippen LogP) is 4.14. The summed E-state index contributed by atoms with van der Waals surface area (Å²) in [5, 5.41) is 0. The second kappa shape index (κ2) is 5.95. The molecule has 17 heavy (non-hydrogen) atoms.